The van der Waals surface area contributed by atoms with Crippen LogP contribution in [-0.2, 0) is 0 Å². The first kappa shape index (κ1) is 15.7. The summed E-state index contributed by atoms with van der Waals surface area (Å²) in [6.07, 6.45) is 2.49. The Labute approximate surface area is 126 Å². The van der Waals surface area contributed by atoms with Gasteiger partial charge in [0.1, 0.15) is 5.82 Å². The molecule has 2 rings (SSSR count). The highest BCUT2D eigenvalue weighted by Gasteiger charge is 2.24. The van der Waals surface area contributed by atoms with E-state index in [0.29, 0.717) is 17.7 Å². The summed E-state index contributed by atoms with van der Waals surface area (Å²) in [6, 6.07) is 4.06. The summed E-state index contributed by atoms with van der Waals surface area (Å²) in [4.78, 5) is 13.9. The molecule has 0 radical (unpaired) electrons. The minimum absolute atomic E-state index is 0.215. The van der Waals surface area contributed by atoms with Gasteiger partial charge < -0.3 is 10.6 Å². The van der Waals surface area contributed by atoms with Crippen molar-refractivity contribution in [2.75, 3.05) is 32.0 Å². The van der Waals surface area contributed by atoms with Gasteiger partial charge in [0.2, 0.25) is 0 Å². The second kappa shape index (κ2) is 7.36. The molecule has 1 aromatic rings. The fourth-order valence-electron chi connectivity index (χ4n) is 2.73. The van der Waals surface area contributed by atoms with Gasteiger partial charge in [0.25, 0.3) is 5.91 Å². The van der Waals surface area contributed by atoms with Gasteiger partial charge in [0, 0.05) is 26.2 Å². The standard InChI is InChI=1S/C15H25N5O/c1-11(2)10-20-8-4-5-12(20)9-17-14-7-6-13(18-19-14)15(21)16-3/h6-7,11-12H,4-5,8-10H2,1-3H3,(H,16,21)(H,17,19)/t12-/m1/s1. The molecule has 0 aliphatic carbocycles. The van der Waals surface area contributed by atoms with Crippen LogP contribution in [0.1, 0.15) is 37.2 Å². The van der Waals surface area contributed by atoms with Gasteiger partial charge in [-0.3, -0.25) is 9.69 Å². The topological polar surface area (TPSA) is 70.2 Å². The van der Waals surface area contributed by atoms with Gasteiger partial charge in [-0.05, 0) is 37.4 Å². The van der Waals surface area contributed by atoms with Crippen LogP contribution in [0.5, 0.6) is 0 Å². The summed E-state index contributed by atoms with van der Waals surface area (Å²) in [6.45, 7) is 7.72. The Kier molecular flexibility index (Phi) is 5.50. The summed E-state index contributed by atoms with van der Waals surface area (Å²) in [5, 5.41) is 13.8. The van der Waals surface area contributed by atoms with Gasteiger partial charge in [-0.1, -0.05) is 13.8 Å². The Morgan fingerprint density at radius 1 is 1.43 bits per heavy atom. The first-order valence-electron chi connectivity index (χ1n) is 7.64. The molecule has 0 unspecified atom stereocenters. The molecule has 1 amide bonds. The van der Waals surface area contributed by atoms with Crippen LogP contribution in [0, 0.1) is 5.92 Å². The third-order valence-corrected chi connectivity index (χ3v) is 3.74. The second-order valence-corrected chi connectivity index (χ2v) is 5.95. The third kappa shape index (κ3) is 4.39. The predicted octanol–water partition coefficient (Wildman–Crippen LogP) is 1.37. The van der Waals surface area contributed by atoms with Crippen LogP contribution in [0.15, 0.2) is 12.1 Å². The lowest BCUT2D eigenvalue weighted by molar-refractivity contribution is 0.0957. The molecule has 1 saturated heterocycles. The van der Waals surface area contributed by atoms with Crippen LogP contribution in [0.4, 0.5) is 5.82 Å². The van der Waals surface area contributed by atoms with Gasteiger partial charge >= 0.3 is 0 Å². The molecule has 6 heteroatoms. The molecule has 116 valence electrons. The Morgan fingerprint density at radius 3 is 2.86 bits per heavy atom. The molecule has 2 heterocycles. The summed E-state index contributed by atoms with van der Waals surface area (Å²) in [5.41, 5.74) is 0.338. The Bertz CT molecular complexity index is 460. The van der Waals surface area contributed by atoms with E-state index in [0.717, 1.165) is 18.9 Å². The molecule has 0 spiro atoms. The lowest BCUT2D eigenvalue weighted by Crippen LogP contribution is -2.37. The largest absolute Gasteiger partial charge is 0.367 e. The third-order valence-electron chi connectivity index (χ3n) is 3.74. The second-order valence-electron chi connectivity index (χ2n) is 5.95. The molecular formula is C15H25N5O. The van der Waals surface area contributed by atoms with Crippen LogP contribution in [0.2, 0.25) is 0 Å². The Morgan fingerprint density at radius 2 is 2.24 bits per heavy atom. The maximum absolute atomic E-state index is 11.4. The van der Waals surface area contributed by atoms with Crippen LogP contribution in [0.3, 0.4) is 0 Å². The molecule has 1 aliphatic rings. The van der Waals surface area contributed by atoms with E-state index >= 15 is 0 Å². The van der Waals surface area contributed by atoms with E-state index in [1.165, 1.54) is 19.4 Å². The average Bonchev–Trinajstić information content (AvgIpc) is 2.91. The highest BCUT2D eigenvalue weighted by molar-refractivity contribution is 5.91. The SMILES string of the molecule is CNC(=O)c1ccc(NC[C@H]2CCCN2CC(C)C)nn1. The zero-order valence-electron chi connectivity index (χ0n) is 13.1. The molecule has 1 fully saturated rings. The van der Waals surface area contributed by atoms with E-state index in [9.17, 15) is 4.79 Å². The highest BCUT2D eigenvalue weighted by atomic mass is 16.1. The number of aromatic nitrogens is 2. The number of carbonyl (C=O) groups excluding carboxylic acids is 1. The number of nitrogens with one attached hydrogen (secondary N) is 2. The summed E-state index contributed by atoms with van der Waals surface area (Å²) < 4.78 is 0. The lowest BCUT2D eigenvalue weighted by Gasteiger charge is -2.26. The molecule has 21 heavy (non-hydrogen) atoms. The number of hydrogen-bond donors (Lipinski definition) is 2. The van der Waals surface area contributed by atoms with Crippen LogP contribution in [-0.4, -0.2) is 53.7 Å². The number of amides is 1. The summed E-state index contributed by atoms with van der Waals surface area (Å²) in [7, 11) is 1.58. The number of carbonyl (C=O) groups is 1. The zero-order valence-corrected chi connectivity index (χ0v) is 13.1. The van der Waals surface area contributed by atoms with Gasteiger partial charge in [-0.15, -0.1) is 10.2 Å². The van der Waals surface area contributed by atoms with Crippen LogP contribution < -0.4 is 10.6 Å². The Balaban J connectivity index is 1.86. The van der Waals surface area contributed by atoms with Crippen molar-refractivity contribution in [1.29, 1.82) is 0 Å². The minimum Gasteiger partial charge on any atom is -0.367 e. The first-order chi connectivity index (χ1) is 10.1. The molecule has 1 aromatic heterocycles. The van der Waals surface area contributed by atoms with Crippen molar-refractivity contribution >= 4 is 11.7 Å². The van der Waals surface area contributed by atoms with Crippen molar-refractivity contribution < 1.29 is 4.79 Å². The normalized spacial score (nSPS) is 19.0. The fraction of sp³-hybridized carbons (Fsp3) is 0.667. The van der Waals surface area contributed by atoms with Crippen molar-refractivity contribution in [3.63, 3.8) is 0 Å². The van der Waals surface area contributed by atoms with Crippen LogP contribution >= 0.6 is 0 Å². The minimum atomic E-state index is -0.215. The van der Waals surface area contributed by atoms with Crippen molar-refractivity contribution in [2.24, 2.45) is 5.92 Å². The molecule has 6 nitrogen and oxygen atoms in total. The summed E-state index contributed by atoms with van der Waals surface area (Å²) in [5.74, 6) is 1.20. The van der Waals surface area contributed by atoms with Gasteiger partial charge in [-0.25, -0.2) is 0 Å². The van der Waals surface area contributed by atoms with Gasteiger partial charge in [-0.2, -0.15) is 0 Å². The number of likely N-dealkylation sites (tertiary alicyclic amines) is 1. The van der Waals surface area contributed by atoms with Crippen molar-refractivity contribution in [3.05, 3.63) is 17.8 Å². The predicted molar refractivity (Wildman–Crippen MR) is 83.3 cm³/mol. The molecule has 0 bridgehead atoms. The molecule has 1 atom stereocenters. The van der Waals surface area contributed by atoms with E-state index in [1.54, 1.807) is 19.2 Å². The van der Waals surface area contributed by atoms with Crippen LogP contribution in [0.25, 0.3) is 0 Å². The zero-order chi connectivity index (χ0) is 15.2. The number of hydrogen-bond acceptors (Lipinski definition) is 5. The van der Waals surface area contributed by atoms with Crippen molar-refractivity contribution in [3.8, 4) is 0 Å². The number of rotatable bonds is 6. The number of nitrogens with zero attached hydrogens (tertiary/aromatic N) is 3. The highest BCUT2D eigenvalue weighted by Crippen LogP contribution is 2.19. The van der Waals surface area contributed by atoms with E-state index in [-0.39, 0.29) is 5.91 Å². The molecule has 1 aliphatic heterocycles. The molecule has 2 N–H and O–H groups in total. The van der Waals surface area contributed by atoms with E-state index in [2.05, 4.69) is 39.6 Å². The Hall–Kier alpha value is -1.69. The van der Waals surface area contributed by atoms with E-state index < -0.39 is 0 Å². The summed E-state index contributed by atoms with van der Waals surface area (Å²) >= 11 is 0. The van der Waals surface area contributed by atoms with E-state index in [1.807, 2.05) is 0 Å². The quantitative estimate of drug-likeness (QED) is 0.828. The molecule has 0 saturated carbocycles. The monoisotopic (exact) mass is 291 g/mol. The first-order valence-corrected chi connectivity index (χ1v) is 7.64. The smallest absolute Gasteiger partial charge is 0.271 e. The van der Waals surface area contributed by atoms with Gasteiger partial charge in [0.05, 0.1) is 0 Å². The fourth-order valence-corrected chi connectivity index (χ4v) is 2.73. The lowest BCUT2D eigenvalue weighted by atomic mass is 10.1. The van der Waals surface area contributed by atoms with Crippen molar-refractivity contribution in [2.45, 2.75) is 32.7 Å². The number of anilines is 1. The maximum Gasteiger partial charge on any atom is 0.271 e. The molecular weight excluding hydrogens is 266 g/mol. The average molecular weight is 291 g/mol. The van der Waals surface area contributed by atoms with Gasteiger partial charge in [0.15, 0.2) is 5.69 Å². The van der Waals surface area contributed by atoms with Crippen molar-refractivity contribution in [1.82, 2.24) is 20.4 Å². The van der Waals surface area contributed by atoms with E-state index in [4.69, 9.17) is 0 Å². The molecule has 0 aromatic carbocycles. The maximum atomic E-state index is 11.4.